The molecule has 2 aliphatic rings. The van der Waals surface area contributed by atoms with Gasteiger partial charge >= 0.3 is 0 Å². The first kappa shape index (κ1) is 26.9. The van der Waals surface area contributed by atoms with Gasteiger partial charge in [0.05, 0.1) is 30.9 Å². The van der Waals surface area contributed by atoms with Gasteiger partial charge in [-0.3, -0.25) is 9.59 Å². The van der Waals surface area contributed by atoms with Crippen molar-refractivity contribution in [1.29, 1.82) is 0 Å². The largest absolute Gasteiger partial charge is 0.497 e. The summed E-state index contributed by atoms with van der Waals surface area (Å²) >= 11 is 0. The summed E-state index contributed by atoms with van der Waals surface area (Å²) in [6.45, 7) is 6.52. The van der Waals surface area contributed by atoms with Crippen LogP contribution < -0.4 is 20.3 Å². The second-order valence-electron chi connectivity index (χ2n) is 10.9. The number of benzene rings is 2. The van der Waals surface area contributed by atoms with E-state index in [1.165, 1.54) is 12.8 Å². The normalized spacial score (nSPS) is 15.9. The van der Waals surface area contributed by atoms with E-state index in [4.69, 9.17) is 14.5 Å². The maximum atomic E-state index is 13.2. The van der Waals surface area contributed by atoms with Gasteiger partial charge in [-0.15, -0.1) is 0 Å². The molecule has 1 amide bonds. The molecule has 2 aliphatic heterocycles. The number of nitrogens with one attached hydrogen (secondary N) is 3. The van der Waals surface area contributed by atoms with E-state index >= 15 is 0 Å². The van der Waals surface area contributed by atoms with Crippen molar-refractivity contribution < 1.29 is 14.3 Å². The number of aromatic amines is 2. The molecule has 1 atom stereocenters. The Labute approximate surface area is 238 Å². The Balaban J connectivity index is 1.23. The minimum atomic E-state index is -0.253. The Kier molecular flexibility index (Phi) is 7.40. The number of rotatable bonds is 10. The first-order chi connectivity index (χ1) is 19.9. The van der Waals surface area contributed by atoms with E-state index in [1.54, 1.807) is 20.4 Å². The molecule has 6 rings (SSSR count). The molecule has 1 saturated heterocycles. The third-order valence-electron chi connectivity index (χ3n) is 8.08. The zero-order valence-corrected chi connectivity index (χ0v) is 23.8. The van der Waals surface area contributed by atoms with Crippen LogP contribution >= 0.6 is 0 Å². The van der Waals surface area contributed by atoms with Gasteiger partial charge < -0.3 is 34.6 Å². The van der Waals surface area contributed by atoms with Crippen LogP contribution in [0.25, 0.3) is 22.4 Å². The number of ether oxygens (including phenoxy) is 2. The van der Waals surface area contributed by atoms with E-state index in [0.717, 1.165) is 54.3 Å². The van der Waals surface area contributed by atoms with Crippen LogP contribution in [0.2, 0.25) is 0 Å². The highest BCUT2D eigenvalue weighted by Gasteiger charge is 2.29. The molecule has 1 fully saturated rings. The number of amides is 1. The van der Waals surface area contributed by atoms with Crippen molar-refractivity contribution in [2.45, 2.75) is 38.8 Å². The van der Waals surface area contributed by atoms with Crippen LogP contribution in [0.3, 0.4) is 0 Å². The average molecular weight is 557 g/mol. The number of hydrogen-bond donors (Lipinski definition) is 3. The third-order valence-corrected chi connectivity index (χ3v) is 8.08. The van der Waals surface area contributed by atoms with E-state index in [2.05, 4.69) is 20.2 Å². The maximum absolute atomic E-state index is 13.2. The molecule has 4 aromatic rings. The van der Waals surface area contributed by atoms with Crippen molar-refractivity contribution in [3.05, 3.63) is 69.6 Å². The number of aromatic nitrogens is 3. The highest BCUT2D eigenvalue weighted by Crippen LogP contribution is 2.31. The number of methoxy groups -OCH3 is 2. The Morgan fingerprint density at radius 1 is 1.05 bits per heavy atom. The molecule has 214 valence electrons. The van der Waals surface area contributed by atoms with Gasteiger partial charge in [0.1, 0.15) is 22.9 Å². The van der Waals surface area contributed by atoms with Gasteiger partial charge in [0, 0.05) is 37.4 Å². The van der Waals surface area contributed by atoms with Crippen LogP contribution in [0.1, 0.15) is 41.3 Å². The van der Waals surface area contributed by atoms with E-state index in [-0.39, 0.29) is 17.5 Å². The van der Waals surface area contributed by atoms with Crippen LogP contribution in [-0.2, 0) is 13.0 Å². The molecule has 4 heterocycles. The molecule has 10 nitrogen and oxygen atoms in total. The van der Waals surface area contributed by atoms with Gasteiger partial charge in [-0.1, -0.05) is 0 Å². The summed E-state index contributed by atoms with van der Waals surface area (Å²) < 4.78 is 10.9. The maximum Gasteiger partial charge on any atom is 0.261 e. The Hall–Kier alpha value is -4.31. The van der Waals surface area contributed by atoms with Crippen LogP contribution in [0, 0.1) is 0 Å². The van der Waals surface area contributed by atoms with E-state index in [1.807, 2.05) is 48.2 Å². The van der Waals surface area contributed by atoms with Gasteiger partial charge in [-0.05, 0) is 86.8 Å². The highest BCUT2D eigenvalue weighted by atomic mass is 16.5. The van der Waals surface area contributed by atoms with Gasteiger partial charge in [0.15, 0.2) is 0 Å². The average Bonchev–Trinajstić information content (AvgIpc) is 3.70. The predicted octanol–water partition coefficient (Wildman–Crippen LogP) is 4.03. The van der Waals surface area contributed by atoms with Crippen LogP contribution in [0.15, 0.2) is 47.4 Å². The van der Waals surface area contributed by atoms with Crippen LogP contribution in [0.4, 0.5) is 5.69 Å². The van der Waals surface area contributed by atoms with E-state index in [9.17, 15) is 9.59 Å². The minimum Gasteiger partial charge on any atom is -0.497 e. The summed E-state index contributed by atoms with van der Waals surface area (Å²) in [5.41, 5.74) is 4.98. The predicted molar refractivity (Wildman–Crippen MR) is 159 cm³/mol. The SMILES string of the molecule is COc1ccc(OC)c(C[C@H](C)Nc2cc[nH]c(=O)c2-c2nc3cc4c(cc3[nH]2)CN(CCN2CCCC2)C4=O)c1. The van der Waals surface area contributed by atoms with Gasteiger partial charge in [-0.2, -0.15) is 0 Å². The number of hydrogen-bond acceptors (Lipinski definition) is 7. The van der Waals surface area contributed by atoms with Crippen molar-refractivity contribution in [2.75, 3.05) is 45.7 Å². The fourth-order valence-corrected chi connectivity index (χ4v) is 5.97. The Morgan fingerprint density at radius 3 is 2.66 bits per heavy atom. The zero-order valence-electron chi connectivity index (χ0n) is 23.8. The van der Waals surface area contributed by atoms with Gasteiger partial charge in [0.2, 0.25) is 0 Å². The number of nitrogens with zero attached hydrogens (tertiary/aromatic N) is 3. The molecule has 0 saturated carbocycles. The second kappa shape index (κ2) is 11.3. The summed E-state index contributed by atoms with van der Waals surface area (Å²) in [6, 6.07) is 11.4. The number of pyridine rings is 1. The lowest BCUT2D eigenvalue weighted by Crippen LogP contribution is -2.33. The number of imidazole rings is 1. The molecular weight excluding hydrogens is 520 g/mol. The first-order valence-electron chi connectivity index (χ1n) is 14.2. The molecule has 0 bridgehead atoms. The first-order valence-corrected chi connectivity index (χ1v) is 14.2. The number of likely N-dealkylation sites (tertiary alicyclic amines) is 1. The lowest BCUT2D eigenvalue weighted by Gasteiger charge is -2.20. The summed E-state index contributed by atoms with van der Waals surface area (Å²) in [4.78, 5) is 41.5. The Morgan fingerprint density at radius 2 is 1.88 bits per heavy atom. The Bertz CT molecular complexity index is 1640. The molecule has 0 unspecified atom stereocenters. The van der Waals surface area contributed by atoms with Crippen molar-refractivity contribution in [3.8, 4) is 22.9 Å². The third kappa shape index (κ3) is 5.39. The number of H-pyrrole nitrogens is 2. The number of anilines is 1. The minimum absolute atomic E-state index is 0.0334. The topological polar surface area (TPSA) is 116 Å². The monoisotopic (exact) mass is 556 g/mol. The number of fused-ring (bicyclic) bond motifs is 2. The summed E-state index contributed by atoms with van der Waals surface area (Å²) in [5, 5.41) is 3.49. The fourth-order valence-electron chi connectivity index (χ4n) is 5.97. The quantitative estimate of drug-likeness (QED) is 0.270. The van der Waals surface area contributed by atoms with Gasteiger partial charge in [-0.25, -0.2) is 4.98 Å². The fraction of sp³-hybridized carbons (Fsp3) is 0.387. The molecule has 2 aromatic carbocycles. The summed E-state index contributed by atoms with van der Waals surface area (Å²) in [7, 11) is 3.29. The van der Waals surface area contributed by atoms with Crippen LogP contribution in [0.5, 0.6) is 11.5 Å². The molecule has 10 heteroatoms. The molecule has 41 heavy (non-hydrogen) atoms. The number of carbonyl (C=O) groups excluding carboxylic acids is 1. The zero-order chi connectivity index (χ0) is 28.5. The highest BCUT2D eigenvalue weighted by molar-refractivity contribution is 6.02. The van der Waals surface area contributed by atoms with Crippen molar-refractivity contribution in [3.63, 3.8) is 0 Å². The van der Waals surface area contributed by atoms with Crippen molar-refractivity contribution >= 4 is 22.6 Å². The van der Waals surface area contributed by atoms with Crippen molar-refractivity contribution in [1.82, 2.24) is 24.8 Å². The van der Waals surface area contributed by atoms with Gasteiger partial charge in [0.25, 0.3) is 11.5 Å². The summed E-state index contributed by atoms with van der Waals surface area (Å²) in [5.74, 6) is 2.04. The molecule has 0 spiro atoms. The second-order valence-corrected chi connectivity index (χ2v) is 10.9. The van der Waals surface area contributed by atoms with E-state index in [0.29, 0.717) is 41.1 Å². The lowest BCUT2D eigenvalue weighted by atomic mass is 10.0. The molecule has 2 aromatic heterocycles. The van der Waals surface area contributed by atoms with Crippen molar-refractivity contribution in [2.24, 2.45) is 0 Å². The molecule has 0 aliphatic carbocycles. The summed E-state index contributed by atoms with van der Waals surface area (Å²) in [6.07, 6.45) is 4.75. The molecule has 0 radical (unpaired) electrons. The number of carbonyl (C=O) groups is 1. The van der Waals surface area contributed by atoms with Crippen LogP contribution in [-0.4, -0.2) is 77.1 Å². The smallest absolute Gasteiger partial charge is 0.261 e. The standard InChI is InChI=1S/C31H36N6O4/c1-19(14-20-15-22(40-2)6-7-27(20)41-3)33-24-8-9-32-30(38)28(24)29-34-25-16-21-18-37(13-12-36-10-4-5-11-36)31(39)23(21)17-26(25)35-29/h6-9,15-17,19H,4-5,10-14,18H2,1-3H3,(H,34,35)(H2,32,33,38)/t19-/m0/s1. The lowest BCUT2D eigenvalue weighted by molar-refractivity contribution is 0.0763. The molecule has 3 N–H and O–H groups in total. The van der Waals surface area contributed by atoms with E-state index < -0.39 is 0 Å². The molecular formula is C31H36N6O4.